The van der Waals surface area contributed by atoms with Gasteiger partial charge >= 0.3 is 0 Å². The van der Waals surface area contributed by atoms with Crippen molar-refractivity contribution in [3.63, 3.8) is 0 Å². The van der Waals surface area contributed by atoms with E-state index < -0.39 is 0 Å². The summed E-state index contributed by atoms with van der Waals surface area (Å²) in [5, 5.41) is 1.61. The maximum Gasteiger partial charge on any atom is 0.288 e. The topological polar surface area (TPSA) is 39.2 Å². The number of thiazole rings is 1. The Bertz CT molecular complexity index is 212. The molecule has 0 bridgehead atoms. The Morgan fingerprint density at radius 2 is 2.64 bits per heavy atom. The van der Waals surface area contributed by atoms with Crippen LogP contribution in [-0.4, -0.2) is 17.6 Å². The molecule has 1 aromatic heterocycles. The van der Waals surface area contributed by atoms with Crippen LogP contribution < -0.4 is 0 Å². The summed E-state index contributed by atoms with van der Waals surface area (Å²) in [7, 11) is 0. The Morgan fingerprint density at radius 1 is 1.91 bits per heavy atom. The van der Waals surface area contributed by atoms with E-state index in [0.717, 1.165) is 0 Å². The zero-order valence-electron chi connectivity index (χ0n) is 6.03. The van der Waals surface area contributed by atoms with Crippen LogP contribution in [0, 0.1) is 5.51 Å². The van der Waals surface area contributed by atoms with E-state index >= 15 is 0 Å². The molecule has 0 unspecified atom stereocenters. The molecule has 5 heteroatoms. The van der Waals surface area contributed by atoms with Crippen LogP contribution in [0.25, 0.3) is 0 Å². The van der Waals surface area contributed by atoms with Gasteiger partial charge in [-0.25, -0.2) is 0 Å². The maximum atomic E-state index is 10.8. The number of carbonyl (C=O) groups is 1. The molecule has 0 amide bonds. The molecule has 11 heavy (non-hydrogen) atoms. The monoisotopic (exact) mass is 245 g/mol. The predicted octanol–water partition coefficient (Wildman–Crippen LogP) is 1.12. The third-order valence-electron chi connectivity index (χ3n) is 0.874. The van der Waals surface area contributed by atoms with Crippen LogP contribution in [0.3, 0.4) is 0 Å². The molecular formula is C6H6NO2SY-. The average Bonchev–Trinajstić information content (AvgIpc) is 2.38. The van der Waals surface area contributed by atoms with E-state index in [1.165, 1.54) is 11.3 Å². The molecule has 0 aliphatic heterocycles. The number of aromatic nitrogens is 1. The van der Waals surface area contributed by atoms with Crippen molar-refractivity contribution >= 4 is 17.3 Å². The normalized spacial score (nSPS) is 8.45. The fourth-order valence-electron chi connectivity index (χ4n) is 0.483. The Balaban J connectivity index is 0.000001000. The van der Waals surface area contributed by atoms with Gasteiger partial charge in [0.25, 0.3) is 5.97 Å². The largest absolute Gasteiger partial charge is 0.471 e. The predicted molar refractivity (Wildman–Crippen MR) is 36.9 cm³/mol. The molecule has 0 spiro atoms. The van der Waals surface area contributed by atoms with Crippen LogP contribution in [-0.2, 0) is 37.4 Å². The summed E-state index contributed by atoms with van der Waals surface area (Å²) in [5.41, 5.74) is 2.90. The van der Waals surface area contributed by atoms with Crippen molar-refractivity contribution in [3.05, 3.63) is 16.6 Å². The minimum Gasteiger partial charge on any atom is -0.471 e. The minimum atomic E-state index is -0.375. The number of hydrogen-bond donors (Lipinski definition) is 0. The zero-order chi connectivity index (χ0) is 7.40. The fourth-order valence-corrected chi connectivity index (χ4v) is 0.947. The van der Waals surface area contributed by atoms with Gasteiger partial charge in [-0.15, -0.1) is 5.38 Å². The summed E-state index contributed by atoms with van der Waals surface area (Å²) in [5.74, 6) is -0.375. The van der Waals surface area contributed by atoms with Gasteiger partial charge in [-0.05, 0) is 12.4 Å². The van der Waals surface area contributed by atoms with E-state index in [1.54, 1.807) is 12.3 Å². The molecule has 1 radical (unpaired) electrons. The summed E-state index contributed by atoms with van der Waals surface area (Å²) in [6, 6.07) is 0. The van der Waals surface area contributed by atoms with Gasteiger partial charge in [0.1, 0.15) is 0 Å². The number of hydrogen-bond acceptors (Lipinski definition) is 4. The first kappa shape index (κ1) is 11.2. The van der Waals surface area contributed by atoms with Crippen LogP contribution in [0.5, 0.6) is 0 Å². The molecule has 0 N–H and O–H groups in total. The Kier molecular flexibility index (Phi) is 5.91. The second-order valence-corrected chi connectivity index (χ2v) is 2.20. The van der Waals surface area contributed by atoms with Gasteiger partial charge in [0.15, 0.2) is 0 Å². The third-order valence-corrected chi connectivity index (χ3v) is 1.41. The molecule has 0 aromatic carbocycles. The van der Waals surface area contributed by atoms with Crippen molar-refractivity contribution in [2.75, 3.05) is 6.61 Å². The second-order valence-electron chi connectivity index (χ2n) is 1.54. The number of nitrogens with zero attached hydrogens (tertiary/aromatic N) is 1. The van der Waals surface area contributed by atoms with Crippen LogP contribution >= 0.6 is 11.3 Å². The molecule has 0 aliphatic rings. The van der Waals surface area contributed by atoms with Crippen molar-refractivity contribution < 1.29 is 42.2 Å². The molecule has 1 heterocycles. The molecule has 0 saturated carbocycles. The molecule has 1 rings (SSSR count). The second kappa shape index (κ2) is 5.80. The van der Waals surface area contributed by atoms with Crippen molar-refractivity contribution in [1.82, 2.24) is 4.98 Å². The first-order valence-corrected chi connectivity index (χ1v) is 3.71. The van der Waals surface area contributed by atoms with Crippen LogP contribution in [0.15, 0.2) is 5.38 Å². The number of ether oxygens (including phenoxy) is 1. The van der Waals surface area contributed by atoms with Crippen LogP contribution in [0.2, 0.25) is 0 Å². The SMILES string of the molecule is CCOC(=O)c1cs[c-]n1.[Y]. The van der Waals surface area contributed by atoms with Gasteiger partial charge in [-0.1, -0.05) is 0 Å². The van der Waals surface area contributed by atoms with E-state index in [9.17, 15) is 4.79 Å². The molecule has 0 saturated heterocycles. The van der Waals surface area contributed by atoms with E-state index in [2.05, 4.69) is 15.2 Å². The molecule has 1 aromatic rings. The maximum absolute atomic E-state index is 10.8. The first-order valence-electron chi connectivity index (χ1n) is 2.83. The molecule has 3 nitrogen and oxygen atoms in total. The summed E-state index contributed by atoms with van der Waals surface area (Å²) >= 11 is 1.26. The third kappa shape index (κ3) is 3.40. The van der Waals surface area contributed by atoms with E-state index in [4.69, 9.17) is 0 Å². The van der Waals surface area contributed by atoms with Gasteiger partial charge in [0.05, 0.1) is 6.61 Å². The molecule has 0 aliphatic carbocycles. The quantitative estimate of drug-likeness (QED) is 0.579. The van der Waals surface area contributed by atoms with Gasteiger partial charge in [-0.3, -0.25) is 16.1 Å². The summed E-state index contributed by atoms with van der Waals surface area (Å²) < 4.78 is 4.67. The molecule has 57 valence electrons. The zero-order valence-corrected chi connectivity index (χ0v) is 9.69. The Hall–Kier alpha value is 0.204. The molecular weight excluding hydrogens is 239 g/mol. The first-order chi connectivity index (χ1) is 4.84. The van der Waals surface area contributed by atoms with Crippen LogP contribution in [0.4, 0.5) is 0 Å². The Labute approximate surface area is 94.0 Å². The van der Waals surface area contributed by atoms with Crippen molar-refractivity contribution in [2.45, 2.75) is 6.92 Å². The Morgan fingerprint density at radius 3 is 3.09 bits per heavy atom. The fraction of sp³-hybridized carbons (Fsp3) is 0.333. The average molecular weight is 245 g/mol. The smallest absolute Gasteiger partial charge is 0.288 e. The standard InChI is InChI=1S/C6H6NO2S.Y/c1-2-9-6(8)5-3-10-4-7-5;/h3H,2H2,1H3;/q-1;. The molecule has 0 atom stereocenters. The minimum absolute atomic E-state index is 0. The van der Waals surface area contributed by atoms with Crippen molar-refractivity contribution in [3.8, 4) is 0 Å². The summed E-state index contributed by atoms with van der Waals surface area (Å²) in [6.45, 7) is 2.14. The number of esters is 1. The number of rotatable bonds is 2. The van der Waals surface area contributed by atoms with Gasteiger partial charge in [0, 0.05) is 38.4 Å². The van der Waals surface area contributed by atoms with E-state index in [1.807, 2.05) is 0 Å². The molecule has 0 fully saturated rings. The van der Waals surface area contributed by atoms with E-state index in [0.29, 0.717) is 12.3 Å². The number of carbonyl (C=O) groups excluding carboxylic acids is 1. The summed E-state index contributed by atoms with van der Waals surface area (Å²) in [4.78, 5) is 14.5. The van der Waals surface area contributed by atoms with E-state index in [-0.39, 0.29) is 38.7 Å². The van der Waals surface area contributed by atoms with Crippen molar-refractivity contribution in [2.24, 2.45) is 0 Å². The van der Waals surface area contributed by atoms with Gasteiger partial charge < -0.3 is 9.72 Å². The van der Waals surface area contributed by atoms with Crippen LogP contribution in [0.1, 0.15) is 17.4 Å². The van der Waals surface area contributed by atoms with Gasteiger partial charge in [0.2, 0.25) is 0 Å². The summed E-state index contributed by atoms with van der Waals surface area (Å²) in [6.07, 6.45) is 0. The van der Waals surface area contributed by atoms with Crippen molar-refractivity contribution in [1.29, 1.82) is 0 Å². The van der Waals surface area contributed by atoms with Gasteiger partial charge in [-0.2, -0.15) is 0 Å².